The van der Waals surface area contributed by atoms with Gasteiger partial charge in [-0.2, -0.15) is 0 Å². The minimum absolute atomic E-state index is 0.347. The first kappa shape index (κ1) is 22.1. The number of fused-ring (bicyclic) bond motifs is 1. The first-order valence-corrected chi connectivity index (χ1v) is 11.9. The zero-order chi connectivity index (χ0) is 22.9. The molecule has 0 bridgehead atoms. The van der Waals surface area contributed by atoms with E-state index in [-0.39, 0.29) is 12.4 Å². The molecule has 2 aromatic carbocycles. The Bertz CT molecular complexity index is 1180. The van der Waals surface area contributed by atoms with Crippen LogP contribution in [0.15, 0.2) is 53.2 Å². The SMILES string of the molecule is COc1cc(/C=C2\CCCN3C2=NOC3(CO)c2ccc(F)cc2)ccc1NS(C)(=O)=O. The predicted molar refractivity (Wildman–Crippen MR) is 119 cm³/mol. The summed E-state index contributed by atoms with van der Waals surface area (Å²) in [5, 5.41) is 14.5. The summed E-state index contributed by atoms with van der Waals surface area (Å²) in [6.07, 6.45) is 4.56. The molecule has 2 aromatic rings. The van der Waals surface area contributed by atoms with E-state index in [2.05, 4.69) is 9.88 Å². The van der Waals surface area contributed by atoms with Gasteiger partial charge in [0.1, 0.15) is 18.2 Å². The van der Waals surface area contributed by atoms with Crippen molar-refractivity contribution in [2.24, 2.45) is 5.16 Å². The number of nitrogens with zero attached hydrogens (tertiary/aromatic N) is 2. The van der Waals surface area contributed by atoms with Crippen molar-refractivity contribution in [3.8, 4) is 5.75 Å². The maximum atomic E-state index is 13.4. The third-order valence-electron chi connectivity index (χ3n) is 5.46. The van der Waals surface area contributed by atoms with E-state index >= 15 is 0 Å². The number of nitrogens with one attached hydrogen (secondary N) is 1. The number of piperidine rings is 1. The lowest BCUT2D eigenvalue weighted by Gasteiger charge is -2.38. The van der Waals surface area contributed by atoms with E-state index in [9.17, 15) is 17.9 Å². The van der Waals surface area contributed by atoms with E-state index in [4.69, 9.17) is 9.57 Å². The summed E-state index contributed by atoms with van der Waals surface area (Å²) in [6, 6.07) is 11.0. The van der Waals surface area contributed by atoms with Crippen LogP contribution in [0.25, 0.3) is 6.08 Å². The van der Waals surface area contributed by atoms with Crippen LogP contribution < -0.4 is 9.46 Å². The number of halogens is 1. The Hall–Kier alpha value is -3.11. The van der Waals surface area contributed by atoms with Crippen molar-refractivity contribution in [3.63, 3.8) is 0 Å². The van der Waals surface area contributed by atoms with Crippen LogP contribution >= 0.6 is 0 Å². The summed E-state index contributed by atoms with van der Waals surface area (Å²) >= 11 is 0. The number of hydrogen-bond donors (Lipinski definition) is 2. The molecule has 0 aliphatic carbocycles. The van der Waals surface area contributed by atoms with Crippen molar-refractivity contribution in [3.05, 3.63) is 65.0 Å². The molecule has 32 heavy (non-hydrogen) atoms. The molecule has 1 fully saturated rings. The maximum Gasteiger partial charge on any atom is 0.260 e. The number of ether oxygens (including phenoxy) is 1. The van der Waals surface area contributed by atoms with Crippen LogP contribution in [0.3, 0.4) is 0 Å². The van der Waals surface area contributed by atoms with E-state index in [1.807, 2.05) is 11.0 Å². The highest BCUT2D eigenvalue weighted by Crippen LogP contribution is 2.40. The zero-order valence-corrected chi connectivity index (χ0v) is 18.5. The standard InChI is InChI=1S/C22H24FN3O5S/c1-30-20-13-15(5-10-19(20)25-32(2,28)29)12-16-4-3-11-26-21(16)24-31-22(26,14-27)17-6-8-18(23)9-7-17/h5-10,12-13,25,27H,3-4,11,14H2,1-2H3/b16-12+. The molecule has 2 N–H and O–H groups in total. The highest BCUT2D eigenvalue weighted by molar-refractivity contribution is 7.92. The van der Waals surface area contributed by atoms with Gasteiger partial charge in [0.05, 0.1) is 19.1 Å². The highest BCUT2D eigenvalue weighted by atomic mass is 32.2. The lowest BCUT2D eigenvalue weighted by Crippen LogP contribution is -2.51. The molecule has 0 aromatic heterocycles. The Kier molecular flexibility index (Phi) is 5.83. The van der Waals surface area contributed by atoms with Crippen molar-refractivity contribution < 1.29 is 27.5 Å². The number of aliphatic hydroxyl groups is 1. The summed E-state index contributed by atoms with van der Waals surface area (Å²) in [6.45, 7) is 0.271. The molecule has 2 heterocycles. The second-order valence-corrected chi connectivity index (χ2v) is 9.46. The average Bonchev–Trinajstić information content (AvgIpc) is 3.15. The Morgan fingerprint density at radius 1 is 1.31 bits per heavy atom. The maximum absolute atomic E-state index is 13.4. The first-order chi connectivity index (χ1) is 15.3. The Morgan fingerprint density at radius 2 is 2.06 bits per heavy atom. The fourth-order valence-corrected chi connectivity index (χ4v) is 4.56. The minimum Gasteiger partial charge on any atom is -0.495 e. The second-order valence-electron chi connectivity index (χ2n) is 7.71. The van der Waals surface area contributed by atoms with Crippen LogP contribution in [0, 0.1) is 5.82 Å². The van der Waals surface area contributed by atoms with Crippen LogP contribution in [-0.2, 0) is 20.6 Å². The largest absolute Gasteiger partial charge is 0.495 e. The summed E-state index contributed by atoms with van der Waals surface area (Å²) in [5.41, 5.74) is 1.45. The number of sulfonamides is 1. The molecule has 0 saturated carbocycles. The lowest BCUT2D eigenvalue weighted by atomic mass is 9.95. The number of benzene rings is 2. The van der Waals surface area contributed by atoms with Crippen molar-refractivity contribution >= 4 is 27.6 Å². The Morgan fingerprint density at radius 3 is 2.72 bits per heavy atom. The molecule has 1 saturated heterocycles. The van der Waals surface area contributed by atoms with Gasteiger partial charge in [-0.1, -0.05) is 11.2 Å². The third kappa shape index (κ3) is 4.15. The number of aliphatic hydroxyl groups excluding tert-OH is 1. The van der Waals surface area contributed by atoms with Crippen LogP contribution in [0.5, 0.6) is 5.75 Å². The van der Waals surface area contributed by atoms with E-state index in [0.29, 0.717) is 29.4 Å². The molecule has 0 radical (unpaired) electrons. The second kappa shape index (κ2) is 8.44. The van der Waals surface area contributed by atoms with Crippen molar-refractivity contribution in [2.75, 3.05) is 31.2 Å². The molecule has 1 unspecified atom stereocenters. The molecule has 0 amide bonds. The van der Waals surface area contributed by atoms with Crippen molar-refractivity contribution in [1.29, 1.82) is 0 Å². The normalized spacial score (nSPS) is 21.7. The molecule has 8 nitrogen and oxygen atoms in total. The number of oxime groups is 1. The van der Waals surface area contributed by atoms with Gasteiger partial charge in [-0.25, -0.2) is 12.8 Å². The number of anilines is 1. The molecular weight excluding hydrogens is 437 g/mol. The highest BCUT2D eigenvalue weighted by Gasteiger charge is 2.49. The van der Waals surface area contributed by atoms with E-state index in [0.717, 1.165) is 30.2 Å². The molecule has 2 aliphatic heterocycles. The Balaban J connectivity index is 1.66. The monoisotopic (exact) mass is 461 g/mol. The van der Waals surface area contributed by atoms with Gasteiger partial charge in [-0.3, -0.25) is 4.72 Å². The van der Waals surface area contributed by atoms with Gasteiger partial charge in [0, 0.05) is 12.1 Å². The number of methoxy groups -OCH3 is 1. The van der Waals surface area contributed by atoms with Crippen molar-refractivity contribution in [1.82, 2.24) is 4.90 Å². The van der Waals surface area contributed by atoms with Crippen molar-refractivity contribution in [2.45, 2.75) is 18.6 Å². The summed E-state index contributed by atoms with van der Waals surface area (Å²) in [5.74, 6) is 0.618. The molecule has 170 valence electrons. The molecular formula is C22H24FN3O5S. The van der Waals surface area contributed by atoms with Gasteiger partial charge in [0.2, 0.25) is 10.0 Å². The van der Waals surface area contributed by atoms with Gasteiger partial charge < -0.3 is 19.6 Å². The average molecular weight is 462 g/mol. The molecule has 2 aliphatic rings. The quantitative estimate of drug-likeness (QED) is 0.686. The van der Waals surface area contributed by atoms with Gasteiger partial charge in [-0.05, 0) is 66.5 Å². The van der Waals surface area contributed by atoms with Crippen LogP contribution in [0.4, 0.5) is 10.1 Å². The topological polar surface area (TPSA) is 100 Å². The summed E-state index contributed by atoms with van der Waals surface area (Å²) in [7, 11) is -1.97. The van der Waals surface area contributed by atoms with E-state index < -0.39 is 15.7 Å². The predicted octanol–water partition coefficient (Wildman–Crippen LogP) is 2.87. The molecule has 10 heteroatoms. The summed E-state index contributed by atoms with van der Waals surface area (Å²) < 4.78 is 44.3. The Labute approximate surface area is 186 Å². The molecule has 1 atom stereocenters. The van der Waals surface area contributed by atoms with Crippen LogP contribution in [0.2, 0.25) is 0 Å². The molecule has 4 rings (SSSR count). The summed E-state index contributed by atoms with van der Waals surface area (Å²) in [4.78, 5) is 7.64. The smallest absolute Gasteiger partial charge is 0.260 e. The van der Waals surface area contributed by atoms with Crippen LogP contribution in [-0.4, -0.2) is 50.8 Å². The fourth-order valence-electron chi connectivity index (χ4n) is 3.99. The number of amidine groups is 1. The van der Waals surface area contributed by atoms with Gasteiger partial charge in [0.25, 0.3) is 5.72 Å². The fraction of sp³-hybridized carbons (Fsp3) is 0.318. The van der Waals surface area contributed by atoms with Crippen LogP contribution in [0.1, 0.15) is 24.0 Å². The third-order valence-corrected chi connectivity index (χ3v) is 6.05. The van der Waals surface area contributed by atoms with E-state index in [1.165, 1.54) is 19.2 Å². The molecule has 0 spiro atoms. The lowest BCUT2D eigenvalue weighted by molar-refractivity contribution is -0.137. The van der Waals surface area contributed by atoms with Gasteiger partial charge in [-0.15, -0.1) is 0 Å². The van der Waals surface area contributed by atoms with E-state index in [1.54, 1.807) is 30.3 Å². The first-order valence-electron chi connectivity index (χ1n) is 10.0. The number of hydrogen-bond acceptors (Lipinski definition) is 7. The zero-order valence-electron chi connectivity index (χ0n) is 17.7. The minimum atomic E-state index is -3.44. The van der Waals surface area contributed by atoms with Gasteiger partial charge in [0.15, 0.2) is 5.84 Å². The number of rotatable bonds is 6. The van der Waals surface area contributed by atoms with Gasteiger partial charge >= 0.3 is 0 Å².